The van der Waals surface area contributed by atoms with Crippen molar-refractivity contribution >= 4 is 78.3 Å². The molecule has 2 heterocycles. The fraction of sp³-hybridized carbons (Fsp3) is 0.469. The Kier molecular flexibility index (Phi) is 21.0. The summed E-state index contributed by atoms with van der Waals surface area (Å²) < 4.78 is 80.0. The minimum absolute atomic E-state index is 0.0520. The number of benzene rings is 4. The second-order valence-corrected chi connectivity index (χ2v) is 23.2. The van der Waals surface area contributed by atoms with Crippen molar-refractivity contribution in [3.8, 4) is 0 Å². The van der Waals surface area contributed by atoms with Crippen molar-refractivity contribution in [3.05, 3.63) is 126 Å². The van der Waals surface area contributed by atoms with Crippen LogP contribution in [0.25, 0.3) is 0 Å². The molecule has 4 aromatic rings. The van der Waals surface area contributed by atoms with E-state index in [0.29, 0.717) is 46.3 Å². The standard InChI is InChI=1S/C49H62Cl4N6O10S2/c1-49(2,47(60)54-11-15-66-19-21-68-17-13-56-70(62,63)37-9-5-7-33(23-37)41-29-58(3)31-43-39(41)25-35(50)27-45(43)52)48(61)55-12-16-67-20-22-69-18-14-57-71(64,65)38-10-6-8-34(24-38)42-30-59(4)32-44-40(42)26-36(51)28-46(44)53/h5-10,23-28,41-42,56-57H,11-22,29-32H2,1-4H3,(H,54,60)(H,55,61). The molecule has 2 atom stereocenters. The Morgan fingerprint density at radius 3 is 1.31 bits per heavy atom. The second kappa shape index (κ2) is 26.2. The van der Waals surface area contributed by atoms with Gasteiger partial charge in [0.05, 0.1) is 62.6 Å². The highest BCUT2D eigenvalue weighted by Gasteiger charge is 2.36. The van der Waals surface area contributed by atoms with Gasteiger partial charge in [0.2, 0.25) is 31.9 Å². The van der Waals surface area contributed by atoms with Gasteiger partial charge in [-0.3, -0.25) is 9.59 Å². The summed E-state index contributed by atoms with van der Waals surface area (Å²) in [5, 5.41) is 7.65. The lowest BCUT2D eigenvalue weighted by atomic mass is 9.85. The van der Waals surface area contributed by atoms with E-state index in [-0.39, 0.29) is 101 Å². The molecular formula is C49H62Cl4N6O10S2. The number of amides is 2. The summed E-state index contributed by atoms with van der Waals surface area (Å²) in [6.07, 6.45) is 0. The van der Waals surface area contributed by atoms with Gasteiger partial charge in [0.1, 0.15) is 5.41 Å². The average molecular weight is 1100 g/mol. The predicted octanol–water partition coefficient (Wildman–Crippen LogP) is 6.04. The fourth-order valence-corrected chi connectivity index (χ4v) is 11.7. The number of halogens is 4. The quantitative estimate of drug-likeness (QED) is 0.0422. The normalized spacial score (nSPS) is 16.6. The lowest BCUT2D eigenvalue weighted by molar-refractivity contribution is -0.141. The first-order valence-electron chi connectivity index (χ1n) is 23.2. The topological polar surface area (TPSA) is 194 Å². The number of sulfonamides is 2. The van der Waals surface area contributed by atoms with Crippen molar-refractivity contribution in [3.63, 3.8) is 0 Å². The molecular weight excluding hydrogens is 1040 g/mol. The zero-order valence-electron chi connectivity index (χ0n) is 40.2. The molecule has 0 saturated carbocycles. The highest BCUT2D eigenvalue weighted by Crippen LogP contribution is 2.40. The van der Waals surface area contributed by atoms with Crippen LogP contribution in [0.2, 0.25) is 20.1 Å². The number of ether oxygens (including phenoxy) is 4. The van der Waals surface area contributed by atoms with Crippen LogP contribution in [0.3, 0.4) is 0 Å². The molecule has 4 N–H and O–H groups in total. The van der Waals surface area contributed by atoms with Crippen LogP contribution in [-0.4, -0.2) is 145 Å². The molecule has 71 heavy (non-hydrogen) atoms. The van der Waals surface area contributed by atoms with Gasteiger partial charge in [0.15, 0.2) is 0 Å². The summed E-state index contributed by atoms with van der Waals surface area (Å²) in [5.41, 5.74) is 4.25. The third-order valence-corrected chi connectivity index (χ3v) is 16.2. The van der Waals surface area contributed by atoms with Gasteiger partial charge in [0.25, 0.3) is 0 Å². The first-order chi connectivity index (χ1) is 33.8. The number of fused-ring (bicyclic) bond motifs is 2. The molecule has 16 nitrogen and oxygen atoms in total. The smallest absolute Gasteiger partial charge is 0.240 e. The third kappa shape index (κ3) is 15.8. The van der Waals surface area contributed by atoms with Crippen LogP contribution in [-0.2, 0) is 61.7 Å². The lowest BCUT2D eigenvalue weighted by Crippen LogP contribution is -2.49. The van der Waals surface area contributed by atoms with E-state index in [1.54, 1.807) is 48.5 Å². The Bertz CT molecular complexity index is 2540. The molecule has 388 valence electrons. The van der Waals surface area contributed by atoms with Gasteiger partial charge in [-0.2, -0.15) is 0 Å². The molecule has 2 amide bonds. The number of nitrogens with one attached hydrogen (secondary N) is 4. The van der Waals surface area contributed by atoms with Crippen LogP contribution in [0.4, 0.5) is 0 Å². The molecule has 2 aliphatic heterocycles. The van der Waals surface area contributed by atoms with Crippen LogP contribution in [0, 0.1) is 5.41 Å². The molecule has 0 radical (unpaired) electrons. The summed E-state index contributed by atoms with van der Waals surface area (Å²) in [5.74, 6) is -1.17. The van der Waals surface area contributed by atoms with Crippen molar-refractivity contribution in [1.29, 1.82) is 0 Å². The first-order valence-corrected chi connectivity index (χ1v) is 27.6. The largest absolute Gasteiger partial charge is 0.378 e. The molecule has 0 aliphatic carbocycles. The minimum atomic E-state index is -3.82. The Morgan fingerprint density at radius 2 is 0.930 bits per heavy atom. The van der Waals surface area contributed by atoms with Crippen LogP contribution >= 0.6 is 46.4 Å². The van der Waals surface area contributed by atoms with Gasteiger partial charge in [-0.15, -0.1) is 0 Å². The molecule has 0 fully saturated rings. The van der Waals surface area contributed by atoms with E-state index in [0.717, 1.165) is 33.4 Å². The van der Waals surface area contributed by atoms with Gasteiger partial charge >= 0.3 is 0 Å². The maximum absolute atomic E-state index is 13.2. The van der Waals surface area contributed by atoms with E-state index in [4.69, 9.17) is 65.4 Å². The molecule has 2 unspecified atom stereocenters. The van der Waals surface area contributed by atoms with Crippen LogP contribution < -0.4 is 20.1 Å². The molecule has 4 aromatic carbocycles. The van der Waals surface area contributed by atoms with Crippen LogP contribution in [0.5, 0.6) is 0 Å². The van der Waals surface area contributed by atoms with Gasteiger partial charge in [-0.25, -0.2) is 26.3 Å². The molecule has 0 spiro atoms. The summed E-state index contributed by atoms with van der Waals surface area (Å²) in [6.45, 7) is 7.56. The Morgan fingerprint density at radius 1 is 0.563 bits per heavy atom. The number of carbonyl (C=O) groups is 2. The van der Waals surface area contributed by atoms with Gasteiger partial charge in [-0.05, 0) is 110 Å². The number of hydrogen-bond acceptors (Lipinski definition) is 12. The number of likely N-dealkylation sites (N-methyl/N-ethyl adjacent to an activating group) is 2. The SMILES string of the molecule is CN1Cc2c(Cl)cc(Cl)cc2C(c2cccc(S(=O)(=O)NCCOCCOCCNC(=O)C(C)(C)C(=O)NCCOCCOCCNS(=O)(=O)c3cccc(C4CN(C)Cc5c(Cl)cc(Cl)cc54)c3)c2)C1. The van der Waals surface area contributed by atoms with E-state index >= 15 is 0 Å². The molecule has 0 bridgehead atoms. The molecule has 0 saturated heterocycles. The fourth-order valence-electron chi connectivity index (χ4n) is 8.38. The monoisotopic (exact) mass is 1100 g/mol. The molecule has 22 heteroatoms. The summed E-state index contributed by atoms with van der Waals surface area (Å²) >= 11 is 25.7. The number of hydrogen-bond donors (Lipinski definition) is 4. The maximum atomic E-state index is 13.2. The van der Waals surface area contributed by atoms with Crippen molar-refractivity contribution in [2.75, 3.05) is 106 Å². The summed E-state index contributed by atoms with van der Waals surface area (Å²) in [6, 6.07) is 21.0. The van der Waals surface area contributed by atoms with E-state index in [1.807, 2.05) is 38.4 Å². The van der Waals surface area contributed by atoms with E-state index < -0.39 is 37.3 Å². The average Bonchev–Trinajstić information content (AvgIpc) is 3.32. The third-order valence-electron chi connectivity index (χ3n) is 12.1. The van der Waals surface area contributed by atoms with Crippen molar-refractivity contribution in [2.45, 2.75) is 48.6 Å². The maximum Gasteiger partial charge on any atom is 0.240 e. The molecule has 2 aliphatic rings. The molecule has 6 rings (SSSR count). The summed E-state index contributed by atoms with van der Waals surface area (Å²) in [4.78, 5) is 30.2. The number of nitrogens with zero attached hydrogens (tertiary/aromatic N) is 2. The van der Waals surface area contributed by atoms with Gasteiger partial charge in [0, 0.05) is 84.3 Å². The van der Waals surface area contributed by atoms with Crippen molar-refractivity contribution < 1.29 is 45.4 Å². The summed E-state index contributed by atoms with van der Waals surface area (Å²) in [7, 11) is -3.65. The zero-order valence-corrected chi connectivity index (χ0v) is 44.9. The van der Waals surface area contributed by atoms with E-state index in [1.165, 1.54) is 13.8 Å². The van der Waals surface area contributed by atoms with Crippen LogP contribution in [0.15, 0.2) is 82.6 Å². The highest BCUT2D eigenvalue weighted by atomic mass is 35.5. The van der Waals surface area contributed by atoms with E-state index in [2.05, 4.69) is 29.9 Å². The lowest BCUT2D eigenvalue weighted by Gasteiger charge is -2.33. The van der Waals surface area contributed by atoms with Crippen molar-refractivity contribution in [2.24, 2.45) is 5.41 Å². The Hall–Kier alpha value is -3.44. The van der Waals surface area contributed by atoms with Crippen LogP contribution in [0.1, 0.15) is 59.1 Å². The van der Waals surface area contributed by atoms with E-state index in [9.17, 15) is 26.4 Å². The minimum Gasteiger partial charge on any atom is -0.378 e. The Balaban J connectivity index is 0.781. The second-order valence-electron chi connectivity index (χ2n) is 17.9. The zero-order chi connectivity index (χ0) is 51.3. The molecule has 0 aromatic heterocycles. The highest BCUT2D eigenvalue weighted by molar-refractivity contribution is 7.89. The first kappa shape index (κ1) is 56.8. The van der Waals surface area contributed by atoms with Gasteiger partial charge in [-0.1, -0.05) is 70.7 Å². The van der Waals surface area contributed by atoms with Gasteiger partial charge < -0.3 is 39.4 Å². The Labute approximate surface area is 437 Å². The van der Waals surface area contributed by atoms with Crippen molar-refractivity contribution in [1.82, 2.24) is 29.9 Å². The number of carbonyl (C=O) groups excluding carboxylic acids is 2. The number of rotatable bonds is 26. The predicted molar refractivity (Wildman–Crippen MR) is 276 cm³/mol.